The largest absolute Gasteiger partial charge is 0.477 e. The Hall–Kier alpha value is -2.71. The topological polar surface area (TPSA) is 99.1 Å². The molecule has 0 aliphatic rings. The van der Waals surface area contributed by atoms with Crippen LogP contribution in [0.5, 0.6) is 0 Å². The molecule has 0 fully saturated rings. The highest BCUT2D eigenvalue weighted by molar-refractivity contribution is 5.72. The highest BCUT2D eigenvalue weighted by atomic mass is 16.6. The Morgan fingerprint density at radius 3 is 1.37 bits per heavy atom. The van der Waals surface area contributed by atoms with Crippen molar-refractivity contribution in [1.29, 1.82) is 0 Å². The number of hydrogen-bond acceptors (Lipinski definition) is 6. The molecule has 2 unspecified atom stereocenters. The fraction of sp³-hybridized carbons (Fsp3) is 0.784. The van der Waals surface area contributed by atoms with Crippen LogP contribution < -0.4 is 0 Å². The van der Waals surface area contributed by atoms with Crippen LogP contribution in [0.25, 0.3) is 0 Å². The van der Waals surface area contributed by atoms with Crippen molar-refractivity contribution in [2.24, 2.45) is 0 Å². The molecule has 0 aliphatic heterocycles. The number of rotatable bonds is 43. The molecule has 8 heteroatoms. The lowest BCUT2D eigenvalue weighted by Gasteiger charge is -2.31. The van der Waals surface area contributed by atoms with Crippen molar-refractivity contribution in [3.05, 3.63) is 48.6 Å². The Morgan fingerprint density at radius 2 is 0.915 bits per heavy atom. The number of hydrogen-bond donors (Lipinski definition) is 1. The van der Waals surface area contributed by atoms with Crippen LogP contribution in [0.2, 0.25) is 0 Å². The Labute approximate surface area is 363 Å². The van der Waals surface area contributed by atoms with Crippen molar-refractivity contribution in [1.82, 2.24) is 0 Å². The highest BCUT2D eigenvalue weighted by Gasteiger charge is 2.31. The van der Waals surface area contributed by atoms with Crippen molar-refractivity contribution in [3.8, 4) is 0 Å². The van der Waals surface area contributed by atoms with Crippen LogP contribution in [0.15, 0.2) is 48.6 Å². The zero-order valence-corrected chi connectivity index (χ0v) is 39.0. The minimum Gasteiger partial charge on any atom is -0.477 e. The Morgan fingerprint density at radius 1 is 0.508 bits per heavy atom. The highest BCUT2D eigenvalue weighted by Crippen LogP contribution is 2.15. The van der Waals surface area contributed by atoms with E-state index in [0.717, 1.165) is 44.9 Å². The number of quaternary nitrogens is 1. The predicted octanol–water partition coefficient (Wildman–Crippen LogP) is 13.6. The summed E-state index contributed by atoms with van der Waals surface area (Å²) in [6, 6.07) is -0.624. The van der Waals surface area contributed by atoms with Gasteiger partial charge < -0.3 is 23.8 Å². The minimum absolute atomic E-state index is 0.0405. The van der Waals surface area contributed by atoms with Gasteiger partial charge in [-0.15, -0.1) is 0 Å². The van der Waals surface area contributed by atoms with E-state index in [2.05, 4.69) is 62.5 Å². The van der Waals surface area contributed by atoms with Crippen LogP contribution in [-0.2, 0) is 28.6 Å². The Kier molecular flexibility index (Phi) is 40.1. The van der Waals surface area contributed by atoms with Gasteiger partial charge in [0.05, 0.1) is 34.4 Å². The lowest BCUT2D eigenvalue weighted by molar-refractivity contribution is -0.887. The number of carbonyl (C=O) groups excluding carboxylic acids is 2. The molecule has 0 aromatic heterocycles. The molecule has 1 N–H and O–H groups in total. The molecule has 0 radical (unpaired) electrons. The molecule has 0 saturated carbocycles. The van der Waals surface area contributed by atoms with Gasteiger partial charge in [0.25, 0.3) is 0 Å². The summed E-state index contributed by atoms with van der Waals surface area (Å²) < 4.78 is 17.3. The van der Waals surface area contributed by atoms with Gasteiger partial charge in [0, 0.05) is 19.3 Å². The SMILES string of the molecule is CCCCC/C=C/C/C=C/C/C=C/C/C=C/CCCC(=O)OC(COCCC(C(=O)O)[N+](C)(C)C)COC(=O)CCCCCCCCCCCCCCCCCCCC. The molecular weight excluding hydrogens is 739 g/mol. The van der Waals surface area contributed by atoms with Crippen LogP contribution in [0.1, 0.15) is 206 Å². The van der Waals surface area contributed by atoms with Gasteiger partial charge in [-0.25, -0.2) is 4.79 Å². The molecule has 0 spiro atoms. The van der Waals surface area contributed by atoms with Crippen LogP contribution in [0.3, 0.4) is 0 Å². The summed E-state index contributed by atoms with van der Waals surface area (Å²) in [5.41, 5.74) is 0. The first-order chi connectivity index (χ1) is 28.6. The van der Waals surface area contributed by atoms with Gasteiger partial charge in [0.15, 0.2) is 12.1 Å². The molecule has 0 saturated heterocycles. The number of carboxylic acid groups (broad SMARTS) is 1. The fourth-order valence-electron chi connectivity index (χ4n) is 6.97. The maximum absolute atomic E-state index is 12.7. The second-order valence-electron chi connectivity index (χ2n) is 17.4. The molecule has 59 heavy (non-hydrogen) atoms. The third-order valence-electron chi connectivity index (χ3n) is 10.7. The molecule has 0 bridgehead atoms. The first kappa shape index (κ1) is 56.3. The number of allylic oxidation sites excluding steroid dienone is 8. The summed E-state index contributed by atoms with van der Waals surface area (Å²) in [7, 11) is 5.51. The van der Waals surface area contributed by atoms with Crippen LogP contribution in [0.4, 0.5) is 0 Å². The number of esters is 2. The monoisotopic (exact) mass is 831 g/mol. The molecule has 0 aliphatic carbocycles. The van der Waals surface area contributed by atoms with Gasteiger partial charge in [0.1, 0.15) is 6.61 Å². The second kappa shape index (κ2) is 42.0. The Balaban J connectivity index is 4.36. The third-order valence-corrected chi connectivity index (χ3v) is 10.7. The second-order valence-corrected chi connectivity index (χ2v) is 17.4. The average molecular weight is 831 g/mol. The number of carbonyl (C=O) groups is 3. The van der Waals surface area contributed by atoms with Crippen molar-refractivity contribution >= 4 is 17.9 Å². The third kappa shape index (κ3) is 40.5. The van der Waals surface area contributed by atoms with E-state index in [-0.39, 0.29) is 42.7 Å². The standard InChI is InChI=1S/C51H91NO7/c1-6-8-10-12-14-16-18-20-22-24-26-27-29-31-33-35-37-39-41-49(53)58-46-47(45-57-44-43-48(51(55)56)52(3,4)5)59-50(54)42-40-38-36-34-32-30-28-25-23-21-19-17-15-13-11-9-7-2/h15,17,21,23,28,30,34,36,47-48H,6-14,16,18-20,22,24-27,29,31-33,35,37-46H2,1-5H3/p+1/b17-15+,23-21+,30-28+,36-34+. The number of nitrogens with zero attached hydrogens (tertiary/aromatic N) is 1. The van der Waals surface area contributed by atoms with E-state index in [1.54, 1.807) is 0 Å². The summed E-state index contributed by atoms with van der Waals surface area (Å²) in [6.45, 7) is 4.67. The van der Waals surface area contributed by atoms with Gasteiger partial charge in [-0.05, 0) is 51.4 Å². The van der Waals surface area contributed by atoms with Gasteiger partial charge in [-0.2, -0.15) is 0 Å². The van der Waals surface area contributed by atoms with Crippen molar-refractivity contribution in [3.63, 3.8) is 0 Å². The molecule has 2 atom stereocenters. The first-order valence-electron chi connectivity index (χ1n) is 24.2. The number of ether oxygens (including phenoxy) is 3. The summed E-state index contributed by atoms with van der Waals surface area (Å²) >= 11 is 0. The van der Waals surface area contributed by atoms with Crippen LogP contribution >= 0.6 is 0 Å². The first-order valence-corrected chi connectivity index (χ1v) is 24.2. The van der Waals surface area contributed by atoms with Crippen molar-refractivity contribution < 1.29 is 38.2 Å². The van der Waals surface area contributed by atoms with Crippen molar-refractivity contribution in [2.45, 2.75) is 219 Å². The van der Waals surface area contributed by atoms with E-state index < -0.39 is 18.1 Å². The summed E-state index contributed by atoms with van der Waals surface area (Å²) in [4.78, 5) is 37.0. The zero-order chi connectivity index (χ0) is 43.5. The van der Waals surface area contributed by atoms with E-state index >= 15 is 0 Å². The summed E-state index contributed by atoms with van der Waals surface area (Å²) in [5, 5.41) is 9.63. The van der Waals surface area contributed by atoms with E-state index in [0.29, 0.717) is 19.3 Å². The molecule has 342 valence electrons. The average Bonchev–Trinajstić information content (AvgIpc) is 3.19. The zero-order valence-electron chi connectivity index (χ0n) is 39.0. The number of carboxylic acids is 1. The van der Waals surface area contributed by atoms with Gasteiger partial charge in [-0.3, -0.25) is 9.59 Å². The van der Waals surface area contributed by atoms with E-state index in [9.17, 15) is 19.5 Å². The molecule has 8 nitrogen and oxygen atoms in total. The summed E-state index contributed by atoms with van der Waals surface area (Å²) in [6.07, 6.45) is 50.2. The van der Waals surface area contributed by atoms with E-state index in [4.69, 9.17) is 14.2 Å². The molecule has 0 amide bonds. The lowest BCUT2D eigenvalue weighted by atomic mass is 10.0. The molecule has 0 aromatic carbocycles. The smallest absolute Gasteiger partial charge is 0.362 e. The van der Waals surface area contributed by atoms with E-state index in [1.165, 1.54) is 122 Å². The Bertz CT molecular complexity index is 1110. The maximum Gasteiger partial charge on any atom is 0.362 e. The normalized spacial score (nSPS) is 13.3. The quantitative estimate of drug-likeness (QED) is 0.0283. The molecule has 0 rings (SSSR count). The minimum atomic E-state index is -0.883. The predicted molar refractivity (Wildman–Crippen MR) is 248 cm³/mol. The van der Waals surface area contributed by atoms with E-state index in [1.807, 2.05) is 21.1 Å². The van der Waals surface area contributed by atoms with Crippen molar-refractivity contribution in [2.75, 3.05) is 41.0 Å². The van der Waals surface area contributed by atoms with Gasteiger partial charge in [0.2, 0.25) is 0 Å². The number of aliphatic carboxylic acids is 1. The maximum atomic E-state index is 12.7. The molecule has 0 aromatic rings. The lowest BCUT2D eigenvalue weighted by Crippen LogP contribution is -2.50. The van der Waals surface area contributed by atoms with Crippen LogP contribution in [-0.4, -0.2) is 80.6 Å². The van der Waals surface area contributed by atoms with Crippen LogP contribution in [0, 0.1) is 0 Å². The molecule has 0 heterocycles. The van der Waals surface area contributed by atoms with Gasteiger partial charge in [-0.1, -0.05) is 184 Å². The molecular formula is C51H92NO7+. The summed E-state index contributed by atoms with van der Waals surface area (Å²) in [5.74, 6) is -1.53. The number of likely N-dealkylation sites (N-methyl/N-ethyl adjacent to an activating group) is 1. The number of unbranched alkanes of at least 4 members (excludes halogenated alkanes) is 21. The van der Waals surface area contributed by atoms with Gasteiger partial charge >= 0.3 is 17.9 Å². The fourth-order valence-corrected chi connectivity index (χ4v) is 6.97.